The number of halogens is 4. The smallest absolute Gasteiger partial charge is 0.257 e. The number of carbonyl (C=O) groups is 1. The van der Waals surface area contributed by atoms with Crippen molar-refractivity contribution in [2.75, 3.05) is 31.6 Å². The fourth-order valence-corrected chi connectivity index (χ4v) is 3.65. The van der Waals surface area contributed by atoms with E-state index in [0.29, 0.717) is 44.1 Å². The number of rotatable bonds is 6. The first-order valence-electron chi connectivity index (χ1n) is 10.1. The zero-order chi connectivity index (χ0) is 24.5. The second-order valence-corrected chi connectivity index (χ2v) is 8.79. The Balaban J connectivity index is 0.000000469. The third kappa shape index (κ3) is 7.37. The topological polar surface area (TPSA) is 85.6 Å². The van der Waals surface area contributed by atoms with Crippen LogP contribution in [0.2, 0.25) is 10.0 Å². The molecular weight excluding hydrogens is 524 g/mol. The van der Waals surface area contributed by atoms with Crippen LogP contribution < -0.4 is 15.4 Å². The van der Waals surface area contributed by atoms with E-state index in [1.165, 1.54) is 6.26 Å². The van der Waals surface area contributed by atoms with Crippen molar-refractivity contribution >= 4 is 58.0 Å². The van der Waals surface area contributed by atoms with Crippen LogP contribution in [0.3, 0.4) is 0 Å². The fourth-order valence-electron chi connectivity index (χ4n) is 2.97. The summed E-state index contributed by atoms with van der Waals surface area (Å²) < 4.78 is 15.8. The predicted octanol–water partition coefficient (Wildman–Crippen LogP) is 6.19. The van der Waals surface area contributed by atoms with Gasteiger partial charge in [0, 0.05) is 41.5 Å². The Kier molecular flexibility index (Phi) is 10.1. The molecule has 2 heterocycles. The minimum atomic E-state index is -1.17. The van der Waals surface area contributed by atoms with Gasteiger partial charge in [0.05, 0.1) is 30.1 Å². The molecule has 1 aliphatic heterocycles. The Morgan fingerprint density at radius 1 is 1.18 bits per heavy atom. The maximum absolute atomic E-state index is 11.7. The van der Waals surface area contributed by atoms with Gasteiger partial charge in [0.2, 0.25) is 0 Å². The maximum Gasteiger partial charge on any atom is 0.257 e. The molecule has 4 rings (SSSR count). The van der Waals surface area contributed by atoms with Gasteiger partial charge < -0.3 is 24.6 Å². The SMILES string of the molecule is C1COCCN1.C=COc1cc(Cl)cc(Cl)c1-c1cc(-c2cccc(NC(=O)C(Cl)Cl)c2)on1. The van der Waals surface area contributed by atoms with E-state index in [-0.39, 0.29) is 0 Å². The number of anilines is 1. The van der Waals surface area contributed by atoms with Crippen molar-refractivity contribution in [3.8, 4) is 28.3 Å². The van der Waals surface area contributed by atoms with Crippen LogP contribution in [0.4, 0.5) is 5.69 Å². The van der Waals surface area contributed by atoms with Crippen molar-refractivity contribution < 1.29 is 18.8 Å². The fraction of sp³-hybridized carbons (Fsp3) is 0.217. The van der Waals surface area contributed by atoms with E-state index in [1.807, 2.05) is 0 Å². The van der Waals surface area contributed by atoms with Crippen molar-refractivity contribution in [1.29, 1.82) is 0 Å². The van der Waals surface area contributed by atoms with Crippen molar-refractivity contribution in [2.24, 2.45) is 0 Å². The highest BCUT2D eigenvalue weighted by atomic mass is 35.5. The van der Waals surface area contributed by atoms with Crippen LogP contribution in [0.25, 0.3) is 22.6 Å². The Bertz CT molecular complexity index is 1120. The van der Waals surface area contributed by atoms with Crippen LogP contribution in [0.5, 0.6) is 5.75 Å². The number of hydrogen-bond acceptors (Lipinski definition) is 6. The zero-order valence-corrected chi connectivity index (χ0v) is 20.8. The molecule has 1 fully saturated rings. The molecule has 0 spiro atoms. The number of nitrogens with one attached hydrogen (secondary N) is 2. The molecule has 1 saturated heterocycles. The number of benzene rings is 2. The molecule has 1 amide bonds. The predicted molar refractivity (Wildman–Crippen MR) is 136 cm³/mol. The molecule has 2 N–H and O–H groups in total. The molecule has 0 bridgehead atoms. The largest absolute Gasteiger partial charge is 0.465 e. The molecule has 0 saturated carbocycles. The number of alkyl halides is 2. The molecule has 0 radical (unpaired) electrons. The summed E-state index contributed by atoms with van der Waals surface area (Å²) in [5.74, 6) is 0.316. The summed E-state index contributed by atoms with van der Waals surface area (Å²) in [7, 11) is 0. The molecule has 34 heavy (non-hydrogen) atoms. The second kappa shape index (κ2) is 13.0. The van der Waals surface area contributed by atoms with E-state index in [2.05, 4.69) is 22.4 Å². The molecule has 2 aromatic carbocycles. The Hall–Kier alpha value is -2.26. The van der Waals surface area contributed by atoms with Crippen LogP contribution in [0.1, 0.15) is 0 Å². The van der Waals surface area contributed by atoms with Gasteiger partial charge in [-0.15, -0.1) is 0 Å². The van der Waals surface area contributed by atoms with E-state index in [0.717, 1.165) is 26.3 Å². The number of aromatic nitrogens is 1. The summed E-state index contributed by atoms with van der Waals surface area (Å²) >= 11 is 23.5. The summed E-state index contributed by atoms with van der Waals surface area (Å²) in [6.45, 7) is 7.38. The van der Waals surface area contributed by atoms with Gasteiger partial charge in [-0.05, 0) is 18.2 Å². The van der Waals surface area contributed by atoms with Crippen molar-refractivity contribution in [1.82, 2.24) is 10.5 Å². The summed E-state index contributed by atoms with van der Waals surface area (Å²) in [5.41, 5.74) is 2.14. The molecule has 0 atom stereocenters. The number of amides is 1. The van der Waals surface area contributed by atoms with E-state index < -0.39 is 10.7 Å². The van der Waals surface area contributed by atoms with Crippen LogP contribution in [-0.2, 0) is 9.53 Å². The Morgan fingerprint density at radius 3 is 2.56 bits per heavy atom. The summed E-state index contributed by atoms with van der Waals surface area (Å²) in [5, 5.41) is 10.6. The lowest BCUT2D eigenvalue weighted by Crippen LogP contribution is -2.30. The Morgan fingerprint density at radius 2 is 1.94 bits per heavy atom. The first-order valence-corrected chi connectivity index (χ1v) is 11.7. The van der Waals surface area contributed by atoms with Gasteiger partial charge in [-0.2, -0.15) is 0 Å². The lowest BCUT2D eigenvalue weighted by molar-refractivity contribution is -0.114. The average Bonchev–Trinajstić information content (AvgIpc) is 3.30. The molecule has 7 nitrogen and oxygen atoms in total. The molecule has 1 aromatic heterocycles. The first kappa shape index (κ1) is 26.3. The molecule has 3 aromatic rings. The lowest BCUT2D eigenvalue weighted by Gasteiger charge is -2.10. The van der Waals surface area contributed by atoms with Crippen molar-refractivity contribution in [3.63, 3.8) is 0 Å². The monoisotopic (exact) mass is 543 g/mol. The van der Waals surface area contributed by atoms with E-state index >= 15 is 0 Å². The van der Waals surface area contributed by atoms with Gasteiger partial charge in [-0.3, -0.25) is 4.79 Å². The lowest BCUT2D eigenvalue weighted by atomic mass is 10.1. The van der Waals surface area contributed by atoms with Crippen LogP contribution in [0.15, 0.2) is 59.8 Å². The normalized spacial score (nSPS) is 13.1. The van der Waals surface area contributed by atoms with Gasteiger partial charge >= 0.3 is 0 Å². The first-order chi connectivity index (χ1) is 16.4. The van der Waals surface area contributed by atoms with Gasteiger partial charge in [-0.25, -0.2) is 0 Å². The highest BCUT2D eigenvalue weighted by Gasteiger charge is 2.18. The number of carbonyl (C=O) groups excluding carboxylic acids is 1. The molecular formula is C23H21Cl4N3O4. The average molecular weight is 545 g/mol. The van der Waals surface area contributed by atoms with Gasteiger partial charge in [0.1, 0.15) is 11.4 Å². The molecule has 11 heteroatoms. The van der Waals surface area contributed by atoms with Gasteiger partial charge in [0.25, 0.3) is 5.91 Å². The number of ether oxygens (including phenoxy) is 2. The number of hydrogen-bond donors (Lipinski definition) is 2. The van der Waals surface area contributed by atoms with Gasteiger partial charge in [0.15, 0.2) is 10.6 Å². The molecule has 180 valence electrons. The summed E-state index contributed by atoms with van der Waals surface area (Å²) in [6.07, 6.45) is 1.26. The minimum absolute atomic E-state index is 0.348. The highest BCUT2D eigenvalue weighted by molar-refractivity contribution is 6.54. The third-order valence-corrected chi connectivity index (χ3v) is 5.37. The van der Waals surface area contributed by atoms with E-state index in [4.69, 9.17) is 60.4 Å². The van der Waals surface area contributed by atoms with Crippen LogP contribution >= 0.6 is 46.4 Å². The Labute approximate surface area is 216 Å². The van der Waals surface area contributed by atoms with Crippen molar-refractivity contribution in [2.45, 2.75) is 4.84 Å². The summed E-state index contributed by atoms with van der Waals surface area (Å²) in [6, 6.07) is 11.8. The maximum atomic E-state index is 11.7. The second-order valence-electron chi connectivity index (χ2n) is 6.85. The van der Waals surface area contributed by atoms with Crippen LogP contribution in [-0.4, -0.2) is 42.2 Å². The zero-order valence-electron chi connectivity index (χ0n) is 17.8. The molecule has 0 unspecified atom stereocenters. The number of morpholine rings is 1. The van der Waals surface area contributed by atoms with Crippen molar-refractivity contribution in [3.05, 3.63) is 65.4 Å². The van der Waals surface area contributed by atoms with E-state index in [1.54, 1.807) is 42.5 Å². The highest BCUT2D eigenvalue weighted by Crippen LogP contribution is 2.40. The third-order valence-electron chi connectivity index (χ3n) is 4.45. The number of nitrogens with zero attached hydrogens (tertiary/aromatic N) is 1. The van der Waals surface area contributed by atoms with Crippen LogP contribution in [0, 0.1) is 0 Å². The van der Waals surface area contributed by atoms with E-state index in [9.17, 15) is 4.79 Å². The quantitative estimate of drug-likeness (QED) is 0.284. The summed E-state index contributed by atoms with van der Waals surface area (Å²) in [4.78, 5) is 10.5. The minimum Gasteiger partial charge on any atom is -0.465 e. The van der Waals surface area contributed by atoms with Gasteiger partial charge in [-0.1, -0.05) is 70.3 Å². The molecule has 0 aliphatic carbocycles. The molecule has 1 aliphatic rings. The standard InChI is InChI=1S/C19H12Cl4N2O3.C4H9NO/c1-2-27-16-8-11(20)7-13(21)17(16)14-9-15(28-25-14)10-4-3-5-12(6-10)24-19(26)18(22)23;1-3-6-4-2-5-1/h2-9,18H,1H2,(H,24,26);5H,1-4H2.